The molecule has 2 heterocycles. The van der Waals surface area contributed by atoms with Gasteiger partial charge in [-0.25, -0.2) is 15.0 Å². The van der Waals surface area contributed by atoms with Gasteiger partial charge in [-0.1, -0.05) is 152 Å². The van der Waals surface area contributed by atoms with E-state index in [4.69, 9.17) is 19.4 Å². The van der Waals surface area contributed by atoms with E-state index in [2.05, 4.69) is 127 Å². The van der Waals surface area contributed by atoms with Crippen LogP contribution in [0.3, 0.4) is 0 Å². The van der Waals surface area contributed by atoms with E-state index in [1.807, 2.05) is 48.5 Å². The van der Waals surface area contributed by atoms with E-state index in [0.717, 1.165) is 49.8 Å². The Morgan fingerprint density at radius 2 is 0.882 bits per heavy atom. The molecule has 0 bridgehead atoms. The number of nitrogens with zero attached hydrogens (tertiary/aromatic N) is 3. The molecule has 0 atom stereocenters. The van der Waals surface area contributed by atoms with E-state index in [9.17, 15) is 0 Å². The number of aromatic nitrogens is 3. The van der Waals surface area contributed by atoms with Crippen molar-refractivity contribution in [1.29, 1.82) is 0 Å². The molecule has 51 heavy (non-hydrogen) atoms. The molecule has 0 fully saturated rings. The third-order valence-electron chi connectivity index (χ3n) is 9.73. The highest BCUT2D eigenvalue weighted by molar-refractivity contribution is 6.16. The summed E-state index contributed by atoms with van der Waals surface area (Å²) in [6, 6.07) is 61.1. The van der Waals surface area contributed by atoms with Gasteiger partial charge >= 0.3 is 0 Å². The summed E-state index contributed by atoms with van der Waals surface area (Å²) in [5.74, 6) is 1.84. The molecular formula is C47H29N3O. The van der Waals surface area contributed by atoms with Crippen molar-refractivity contribution >= 4 is 43.5 Å². The molecule has 0 aliphatic heterocycles. The maximum atomic E-state index is 6.48. The topological polar surface area (TPSA) is 51.8 Å². The van der Waals surface area contributed by atoms with Crippen molar-refractivity contribution in [3.05, 3.63) is 176 Å². The maximum absolute atomic E-state index is 6.48. The monoisotopic (exact) mass is 651 g/mol. The summed E-state index contributed by atoms with van der Waals surface area (Å²) in [5, 5.41) is 6.93. The fourth-order valence-corrected chi connectivity index (χ4v) is 7.26. The Morgan fingerprint density at radius 1 is 0.314 bits per heavy atom. The van der Waals surface area contributed by atoms with E-state index < -0.39 is 0 Å². The lowest BCUT2D eigenvalue weighted by Crippen LogP contribution is -2.00. The normalized spacial score (nSPS) is 11.5. The largest absolute Gasteiger partial charge is 0.456 e. The number of furan rings is 1. The molecule has 10 aromatic rings. The number of fused-ring (bicyclic) bond motifs is 6. The molecule has 0 saturated heterocycles. The predicted octanol–water partition coefficient (Wildman–Crippen LogP) is 12.4. The quantitative estimate of drug-likeness (QED) is 0.174. The molecule has 0 unspecified atom stereocenters. The Kier molecular flexibility index (Phi) is 6.78. The first-order chi connectivity index (χ1) is 25.3. The van der Waals surface area contributed by atoms with Gasteiger partial charge in [-0.05, 0) is 68.1 Å². The van der Waals surface area contributed by atoms with Gasteiger partial charge in [0.2, 0.25) is 0 Å². The van der Waals surface area contributed by atoms with E-state index in [1.165, 1.54) is 32.7 Å². The highest BCUT2D eigenvalue weighted by Crippen LogP contribution is 2.41. The molecule has 8 aromatic carbocycles. The van der Waals surface area contributed by atoms with Crippen LogP contribution in [0.2, 0.25) is 0 Å². The molecule has 10 rings (SSSR count). The van der Waals surface area contributed by atoms with Gasteiger partial charge in [0.05, 0.1) is 0 Å². The van der Waals surface area contributed by atoms with E-state index in [1.54, 1.807) is 0 Å². The van der Waals surface area contributed by atoms with Crippen molar-refractivity contribution in [1.82, 2.24) is 15.0 Å². The lowest BCUT2D eigenvalue weighted by atomic mass is 9.92. The van der Waals surface area contributed by atoms with Crippen molar-refractivity contribution in [3.63, 3.8) is 0 Å². The zero-order valence-corrected chi connectivity index (χ0v) is 27.5. The van der Waals surface area contributed by atoms with Crippen LogP contribution in [0.25, 0.3) is 99.9 Å². The van der Waals surface area contributed by atoms with E-state index in [0.29, 0.717) is 17.5 Å². The molecule has 0 aliphatic carbocycles. The first-order valence-electron chi connectivity index (χ1n) is 17.1. The van der Waals surface area contributed by atoms with Crippen LogP contribution >= 0.6 is 0 Å². The second kappa shape index (κ2) is 11.9. The van der Waals surface area contributed by atoms with Crippen LogP contribution in [0, 0.1) is 0 Å². The molecule has 0 radical (unpaired) electrons. The summed E-state index contributed by atoms with van der Waals surface area (Å²) in [4.78, 5) is 15.2. The summed E-state index contributed by atoms with van der Waals surface area (Å²) in [5.41, 5.74) is 8.98. The summed E-state index contributed by atoms with van der Waals surface area (Å²) in [6.45, 7) is 0. The van der Waals surface area contributed by atoms with Gasteiger partial charge in [-0.2, -0.15) is 0 Å². The minimum atomic E-state index is 0.598. The molecule has 0 aliphatic rings. The van der Waals surface area contributed by atoms with Gasteiger partial charge in [-0.3, -0.25) is 0 Å². The minimum Gasteiger partial charge on any atom is -0.456 e. The van der Waals surface area contributed by atoms with Gasteiger partial charge in [0, 0.05) is 27.5 Å². The first-order valence-corrected chi connectivity index (χ1v) is 17.1. The smallest absolute Gasteiger partial charge is 0.164 e. The molecule has 2 aromatic heterocycles. The van der Waals surface area contributed by atoms with Gasteiger partial charge in [0.1, 0.15) is 11.2 Å². The summed E-state index contributed by atoms with van der Waals surface area (Å²) in [6.07, 6.45) is 0. The highest BCUT2D eigenvalue weighted by atomic mass is 16.3. The second-order valence-electron chi connectivity index (χ2n) is 12.8. The summed E-state index contributed by atoms with van der Waals surface area (Å²) < 4.78 is 6.48. The second-order valence-corrected chi connectivity index (χ2v) is 12.8. The molecule has 238 valence electrons. The molecule has 4 nitrogen and oxygen atoms in total. The lowest BCUT2D eigenvalue weighted by Gasteiger charge is -2.11. The number of hydrogen-bond acceptors (Lipinski definition) is 4. The number of benzene rings is 8. The van der Waals surface area contributed by atoms with Crippen LogP contribution < -0.4 is 0 Å². The molecule has 0 saturated carbocycles. The zero-order chi connectivity index (χ0) is 33.7. The Morgan fingerprint density at radius 3 is 1.65 bits per heavy atom. The molecule has 0 N–H and O–H groups in total. The van der Waals surface area contributed by atoms with Crippen molar-refractivity contribution in [3.8, 4) is 56.4 Å². The molecule has 0 amide bonds. The van der Waals surface area contributed by atoms with Crippen molar-refractivity contribution in [2.24, 2.45) is 0 Å². The average molecular weight is 652 g/mol. The third-order valence-corrected chi connectivity index (χ3v) is 9.73. The van der Waals surface area contributed by atoms with Crippen LogP contribution in [0.1, 0.15) is 0 Å². The summed E-state index contributed by atoms with van der Waals surface area (Å²) >= 11 is 0. The maximum Gasteiger partial charge on any atom is 0.164 e. The van der Waals surface area contributed by atoms with E-state index in [-0.39, 0.29) is 0 Å². The predicted molar refractivity (Wildman–Crippen MR) is 209 cm³/mol. The van der Waals surface area contributed by atoms with Crippen molar-refractivity contribution in [2.75, 3.05) is 0 Å². The number of rotatable bonds is 5. The van der Waals surface area contributed by atoms with Gasteiger partial charge < -0.3 is 4.42 Å². The Labute approximate surface area is 294 Å². The van der Waals surface area contributed by atoms with Crippen molar-refractivity contribution in [2.45, 2.75) is 0 Å². The first kappa shape index (κ1) is 29.0. The summed E-state index contributed by atoms with van der Waals surface area (Å²) in [7, 11) is 0. The van der Waals surface area contributed by atoms with Crippen LogP contribution in [0.5, 0.6) is 0 Å². The fraction of sp³-hybridized carbons (Fsp3) is 0. The van der Waals surface area contributed by atoms with Gasteiger partial charge in [-0.15, -0.1) is 0 Å². The highest BCUT2D eigenvalue weighted by Gasteiger charge is 2.19. The van der Waals surface area contributed by atoms with E-state index >= 15 is 0 Å². The Balaban J connectivity index is 1.17. The zero-order valence-electron chi connectivity index (χ0n) is 27.5. The SMILES string of the molecule is c1ccc(-c2ccc(-c3nc(-c4ccccc4)nc(-c4cccc5oc6ccc(-c7cc8ccccc8c8ccccc78)cc6c45)n3)cc2)cc1. The fourth-order valence-electron chi connectivity index (χ4n) is 7.26. The van der Waals surface area contributed by atoms with Crippen LogP contribution in [0.15, 0.2) is 180 Å². The lowest BCUT2D eigenvalue weighted by molar-refractivity contribution is 0.669. The standard InChI is InChI=1S/C47H29N3O/c1-3-12-30(13-4-1)31-22-24-33(25-23-31)46-48-45(32-14-5-2-6-15-32)49-47(50-46)39-20-11-21-43-44(39)41-29-35(26-27-42(41)51-43)40-28-34-16-7-8-17-36(34)37-18-9-10-19-38(37)40/h1-29H. The third kappa shape index (κ3) is 5.04. The van der Waals surface area contributed by atoms with Crippen LogP contribution in [-0.4, -0.2) is 15.0 Å². The van der Waals surface area contributed by atoms with Crippen molar-refractivity contribution < 1.29 is 4.42 Å². The molecule has 0 spiro atoms. The van der Waals surface area contributed by atoms with Gasteiger partial charge in [0.15, 0.2) is 17.5 Å². The number of hydrogen-bond donors (Lipinski definition) is 0. The Hall–Kier alpha value is -6.91. The van der Waals surface area contributed by atoms with Crippen LogP contribution in [0.4, 0.5) is 0 Å². The molecular weight excluding hydrogens is 623 g/mol. The van der Waals surface area contributed by atoms with Crippen LogP contribution in [-0.2, 0) is 0 Å². The Bertz CT molecular complexity index is 2900. The molecule has 4 heteroatoms. The minimum absolute atomic E-state index is 0.598. The average Bonchev–Trinajstić information content (AvgIpc) is 3.59. The van der Waals surface area contributed by atoms with Gasteiger partial charge in [0.25, 0.3) is 0 Å².